The second-order valence-corrected chi connectivity index (χ2v) is 3.75. The van der Waals surface area contributed by atoms with Crippen LogP contribution in [0.25, 0.3) is 0 Å². The highest BCUT2D eigenvalue weighted by molar-refractivity contribution is 5.16. The fraction of sp³-hybridized carbons (Fsp3) is 0.800. The molecule has 0 aliphatic heterocycles. The van der Waals surface area contributed by atoms with Gasteiger partial charge in [0.1, 0.15) is 6.10 Å². The maximum atomic E-state index is 11.4. The molecule has 0 amide bonds. The van der Waals surface area contributed by atoms with Crippen molar-refractivity contribution in [3.8, 4) is 0 Å². The zero-order chi connectivity index (χ0) is 7.68. The summed E-state index contributed by atoms with van der Waals surface area (Å²) in [5.74, 6) is 0.681. The molecule has 0 N–H and O–H groups in total. The third-order valence-electron chi connectivity index (χ3n) is 3.00. The van der Waals surface area contributed by atoms with E-state index >= 15 is 0 Å². The van der Waals surface area contributed by atoms with Gasteiger partial charge in [0.25, 0.3) is 0 Å². The van der Waals surface area contributed by atoms with E-state index in [1.54, 1.807) is 0 Å². The molecule has 0 aromatic rings. The average Bonchev–Trinajstić information content (AvgIpc) is 2.06. The molecule has 2 unspecified atom stereocenters. The highest BCUT2D eigenvalue weighted by atomic mass is 16.3. The van der Waals surface area contributed by atoms with Gasteiger partial charge in [0.2, 0.25) is 0 Å². The van der Waals surface area contributed by atoms with Crippen LogP contribution in [0.5, 0.6) is 0 Å². The Morgan fingerprint density at radius 3 is 2.82 bits per heavy atom. The zero-order valence-corrected chi connectivity index (χ0v) is 6.88. The maximum absolute atomic E-state index is 11.4. The zero-order valence-electron chi connectivity index (χ0n) is 6.88. The van der Waals surface area contributed by atoms with Crippen LogP contribution in [0.1, 0.15) is 38.5 Å². The molecular weight excluding hydrogens is 136 g/mol. The molecule has 1 heteroatoms. The Morgan fingerprint density at radius 2 is 2.00 bits per heavy atom. The molecule has 0 bridgehead atoms. The van der Waals surface area contributed by atoms with E-state index in [9.17, 15) is 5.11 Å². The summed E-state index contributed by atoms with van der Waals surface area (Å²) in [6, 6.07) is 0. The van der Waals surface area contributed by atoms with E-state index in [4.69, 9.17) is 0 Å². The Bertz CT molecular complexity index is 172. The summed E-state index contributed by atoms with van der Waals surface area (Å²) in [7, 11) is 0. The summed E-state index contributed by atoms with van der Waals surface area (Å²) in [6.45, 7) is 0. The van der Waals surface area contributed by atoms with Crippen LogP contribution in [0.4, 0.5) is 0 Å². The molecule has 0 spiro atoms. The summed E-state index contributed by atoms with van der Waals surface area (Å²) in [5.41, 5.74) is 1.25. The van der Waals surface area contributed by atoms with Gasteiger partial charge in [-0.1, -0.05) is 6.08 Å². The van der Waals surface area contributed by atoms with Crippen LogP contribution in [0.15, 0.2) is 11.6 Å². The standard InChI is InChI=1S/C10H15O/c11-10-7-3-5-8-4-1-2-6-9(8)10/h6,8,10H,1-5,7H2. The first-order valence-corrected chi connectivity index (χ1v) is 4.73. The molecule has 2 aliphatic rings. The van der Waals surface area contributed by atoms with Gasteiger partial charge in [-0.15, -0.1) is 0 Å². The summed E-state index contributed by atoms with van der Waals surface area (Å²) < 4.78 is 0. The number of allylic oxidation sites excluding steroid dienone is 1. The Balaban J connectivity index is 2.14. The van der Waals surface area contributed by atoms with Crippen molar-refractivity contribution in [1.29, 1.82) is 0 Å². The molecule has 1 nitrogen and oxygen atoms in total. The van der Waals surface area contributed by atoms with E-state index in [0.717, 1.165) is 19.3 Å². The molecule has 1 saturated carbocycles. The van der Waals surface area contributed by atoms with Crippen molar-refractivity contribution in [3.63, 3.8) is 0 Å². The van der Waals surface area contributed by atoms with Gasteiger partial charge in [-0.3, -0.25) is 0 Å². The molecule has 11 heavy (non-hydrogen) atoms. The van der Waals surface area contributed by atoms with E-state index in [-0.39, 0.29) is 6.10 Å². The monoisotopic (exact) mass is 151 g/mol. The minimum absolute atomic E-state index is 0.339. The second-order valence-electron chi connectivity index (χ2n) is 3.75. The Hall–Kier alpha value is -0.300. The number of fused-ring (bicyclic) bond motifs is 1. The van der Waals surface area contributed by atoms with Gasteiger partial charge >= 0.3 is 0 Å². The lowest BCUT2D eigenvalue weighted by atomic mass is 9.76. The fourth-order valence-corrected chi connectivity index (χ4v) is 2.39. The molecule has 0 heterocycles. The SMILES string of the molecule is [O]C1CCCC2CCCC=C12. The van der Waals surface area contributed by atoms with Crippen LogP contribution in [0, 0.1) is 5.92 Å². The highest BCUT2D eigenvalue weighted by Gasteiger charge is 2.27. The first-order valence-electron chi connectivity index (χ1n) is 4.73. The highest BCUT2D eigenvalue weighted by Crippen LogP contribution is 2.36. The number of hydrogen-bond acceptors (Lipinski definition) is 0. The van der Waals surface area contributed by atoms with Gasteiger partial charge in [0.15, 0.2) is 0 Å². The lowest BCUT2D eigenvalue weighted by molar-refractivity contribution is 0.0801. The van der Waals surface area contributed by atoms with Crippen molar-refractivity contribution in [2.24, 2.45) is 5.92 Å². The minimum Gasteiger partial charge on any atom is -0.228 e. The smallest absolute Gasteiger partial charge is 0.114 e. The van der Waals surface area contributed by atoms with Crippen LogP contribution in [-0.4, -0.2) is 6.10 Å². The van der Waals surface area contributed by atoms with Crippen molar-refractivity contribution < 1.29 is 5.11 Å². The molecule has 2 atom stereocenters. The molecule has 1 fully saturated rings. The van der Waals surface area contributed by atoms with Crippen molar-refractivity contribution in [3.05, 3.63) is 11.6 Å². The van der Waals surface area contributed by atoms with Crippen LogP contribution in [0.3, 0.4) is 0 Å². The van der Waals surface area contributed by atoms with Crippen molar-refractivity contribution in [2.45, 2.75) is 44.6 Å². The van der Waals surface area contributed by atoms with Crippen molar-refractivity contribution >= 4 is 0 Å². The largest absolute Gasteiger partial charge is 0.228 e. The molecule has 1 radical (unpaired) electrons. The molecular formula is C10H15O. The summed E-state index contributed by atoms with van der Waals surface area (Å²) >= 11 is 0. The Kier molecular flexibility index (Phi) is 1.99. The molecule has 2 aliphatic carbocycles. The molecule has 0 saturated heterocycles. The quantitative estimate of drug-likeness (QED) is 0.474. The van der Waals surface area contributed by atoms with Crippen LogP contribution < -0.4 is 0 Å². The first kappa shape index (κ1) is 7.35. The molecule has 0 aromatic carbocycles. The number of rotatable bonds is 0. The fourth-order valence-electron chi connectivity index (χ4n) is 2.39. The van der Waals surface area contributed by atoms with Crippen LogP contribution in [-0.2, 0) is 5.11 Å². The topological polar surface area (TPSA) is 19.9 Å². The van der Waals surface area contributed by atoms with E-state index in [2.05, 4.69) is 6.08 Å². The van der Waals surface area contributed by atoms with E-state index in [0.29, 0.717) is 5.92 Å². The number of hydrogen-bond donors (Lipinski definition) is 0. The third-order valence-corrected chi connectivity index (χ3v) is 3.00. The van der Waals surface area contributed by atoms with E-state index in [1.807, 2.05) is 0 Å². The summed E-state index contributed by atoms with van der Waals surface area (Å²) in [4.78, 5) is 0. The molecule has 2 rings (SSSR count). The Morgan fingerprint density at radius 1 is 1.18 bits per heavy atom. The Labute approximate surface area is 68.1 Å². The predicted octanol–water partition coefficient (Wildman–Crippen LogP) is 2.70. The van der Waals surface area contributed by atoms with E-state index < -0.39 is 0 Å². The first-order chi connectivity index (χ1) is 5.38. The summed E-state index contributed by atoms with van der Waals surface area (Å²) in [6.07, 6.45) is 8.96. The van der Waals surface area contributed by atoms with Crippen LogP contribution >= 0.6 is 0 Å². The van der Waals surface area contributed by atoms with Crippen molar-refractivity contribution in [1.82, 2.24) is 0 Å². The van der Waals surface area contributed by atoms with Gasteiger partial charge in [0, 0.05) is 0 Å². The normalized spacial score (nSPS) is 37.7. The van der Waals surface area contributed by atoms with Gasteiger partial charge < -0.3 is 0 Å². The molecule has 61 valence electrons. The van der Waals surface area contributed by atoms with Crippen LogP contribution in [0.2, 0.25) is 0 Å². The maximum Gasteiger partial charge on any atom is 0.114 e. The van der Waals surface area contributed by atoms with E-state index in [1.165, 1.54) is 24.8 Å². The second kappa shape index (κ2) is 2.98. The lowest BCUT2D eigenvalue weighted by Gasteiger charge is -2.31. The van der Waals surface area contributed by atoms with Crippen molar-refractivity contribution in [2.75, 3.05) is 0 Å². The third kappa shape index (κ3) is 1.34. The summed E-state index contributed by atoms with van der Waals surface area (Å²) in [5, 5.41) is 11.4. The molecule has 0 aromatic heterocycles. The predicted molar refractivity (Wildman–Crippen MR) is 43.7 cm³/mol. The van der Waals surface area contributed by atoms with Gasteiger partial charge in [-0.25, -0.2) is 5.11 Å². The van der Waals surface area contributed by atoms with Gasteiger partial charge in [-0.2, -0.15) is 0 Å². The average molecular weight is 151 g/mol. The van der Waals surface area contributed by atoms with Gasteiger partial charge in [0.05, 0.1) is 0 Å². The minimum atomic E-state index is -0.339. The van der Waals surface area contributed by atoms with Gasteiger partial charge in [-0.05, 0) is 50.0 Å². The lowest BCUT2D eigenvalue weighted by Crippen LogP contribution is -2.24.